The van der Waals surface area contributed by atoms with Gasteiger partial charge in [-0.3, -0.25) is 10.1 Å². The van der Waals surface area contributed by atoms with Gasteiger partial charge in [0.05, 0.1) is 29.5 Å². The number of nitrogens with one attached hydrogen (secondary N) is 2. The first-order valence-electron chi connectivity index (χ1n) is 10.8. The zero-order chi connectivity index (χ0) is 25.0. The van der Waals surface area contributed by atoms with E-state index in [1.165, 1.54) is 6.92 Å². The zero-order valence-corrected chi connectivity index (χ0v) is 18.5. The lowest BCUT2D eigenvalue weighted by atomic mass is 9.89. The summed E-state index contributed by atoms with van der Waals surface area (Å²) in [5.74, 6) is -0.0622. The molecule has 10 heteroatoms. The highest BCUT2D eigenvalue weighted by atomic mass is 19.4. The number of carbonyl (C=O) groups excluding carboxylic acids is 1. The number of rotatable bonds is 9. The molecule has 2 aromatic rings. The minimum absolute atomic E-state index is 0.0622. The smallest absolute Gasteiger partial charge is 0.359 e. The normalized spacial score (nSPS) is 19.8. The van der Waals surface area contributed by atoms with Crippen LogP contribution >= 0.6 is 0 Å². The van der Waals surface area contributed by atoms with Crippen molar-refractivity contribution in [2.45, 2.75) is 56.6 Å². The van der Waals surface area contributed by atoms with Crippen molar-refractivity contribution in [1.82, 2.24) is 10.6 Å². The summed E-state index contributed by atoms with van der Waals surface area (Å²) in [6.07, 6.45) is -8.44. The summed E-state index contributed by atoms with van der Waals surface area (Å²) < 4.78 is 84.1. The zero-order valence-electron chi connectivity index (χ0n) is 18.5. The Morgan fingerprint density at radius 2 is 1.65 bits per heavy atom. The Balaban J connectivity index is 1.61. The third-order valence-corrected chi connectivity index (χ3v) is 5.95. The predicted molar refractivity (Wildman–Crippen MR) is 114 cm³/mol. The highest BCUT2D eigenvalue weighted by Gasteiger charge is 2.38. The molecule has 2 N–H and O–H groups in total. The van der Waals surface area contributed by atoms with Crippen molar-refractivity contribution in [3.63, 3.8) is 0 Å². The van der Waals surface area contributed by atoms with Crippen LogP contribution in [0.25, 0.3) is 0 Å². The van der Waals surface area contributed by atoms with E-state index in [1.54, 1.807) is 0 Å². The third-order valence-electron chi connectivity index (χ3n) is 5.95. The fourth-order valence-electron chi connectivity index (χ4n) is 3.99. The number of hydrogen-bond donors (Lipinski definition) is 2. The van der Waals surface area contributed by atoms with Crippen molar-refractivity contribution in [3.05, 3.63) is 70.8 Å². The average Bonchev–Trinajstić information content (AvgIpc) is 3.15. The summed E-state index contributed by atoms with van der Waals surface area (Å²) in [7, 11) is 0. The summed E-state index contributed by atoms with van der Waals surface area (Å²) in [5, 5.41) is 6.03. The van der Waals surface area contributed by atoms with E-state index in [0.717, 1.165) is 12.0 Å². The molecule has 1 aliphatic rings. The molecule has 0 saturated carbocycles. The third kappa shape index (κ3) is 6.96. The van der Waals surface area contributed by atoms with Crippen molar-refractivity contribution in [2.24, 2.45) is 0 Å². The molecule has 4 nitrogen and oxygen atoms in total. The monoisotopic (exact) mass is 488 g/mol. The molecule has 0 unspecified atom stereocenters. The SMILES string of the molecule is C[C@@H](OCNC[C@]1(CCc2ccccc2)CCC(=O)N1)c1cc(C(F)(F)F)cc(C(F)(F)F)c1. The molecule has 34 heavy (non-hydrogen) atoms. The Bertz CT molecular complexity index is 945. The van der Waals surface area contributed by atoms with Crippen LogP contribution < -0.4 is 10.6 Å². The molecule has 3 rings (SSSR count). The van der Waals surface area contributed by atoms with E-state index < -0.39 is 35.1 Å². The fourth-order valence-corrected chi connectivity index (χ4v) is 3.99. The van der Waals surface area contributed by atoms with Crippen LogP contribution in [0.3, 0.4) is 0 Å². The van der Waals surface area contributed by atoms with Gasteiger partial charge in [0.15, 0.2) is 0 Å². The standard InChI is InChI=1S/C24H26F6N2O2/c1-16(18-11-19(23(25,26)27)13-20(12-18)24(28,29)30)34-15-31-14-22(10-8-21(33)32-22)9-7-17-5-3-2-4-6-17/h2-6,11-13,16,31H,7-10,14-15H2,1H3,(H,32,33)/t16-,22+/m1/s1. The van der Waals surface area contributed by atoms with Crippen LogP contribution in [-0.2, 0) is 28.3 Å². The van der Waals surface area contributed by atoms with Crippen LogP contribution in [0, 0.1) is 0 Å². The maximum atomic E-state index is 13.1. The molecule has 2 aromatic carbocycles. The Morgan fingerprint density at radius 3 is 2.18 bits per heavy atom. The lowest BCUT2D eigenvalue weighted by Crippen LogP contribution is -2.50. The molecule has 0 aliphatic carbocycles. The van der Waals surface area contributed by atoms with E-state index >= 15 is 0 Å². The quantitative estimate of drug-likeness (QED) is 0.273. The molecule has 0 spiro atoms. The van der Waals surface area contributed by atoms with Gasteiger partial charge in [0.1, 0.15) is 0 Å². The number of ether oxygens (including phenoxy) is 1. The van der Waals surface area contributed by atoms with Crippen LogP contribution in [-0.4, -0.2) is 24.7 Å². The van der Waals surface area contributed by atoms with Gasteiger partial charge in [-0.25, -0.2) is 0 Å². The van der Waals surface area contributed by atoms with E-state index in [1.807, 2.05) is 30.3 Å². The van der Waals surface area contributed by atoms with Crippen molar-refractivity contribution < 1.29 is 35.9 Å². The number of halogens is 6. The first-order valence-corrected chi connectivity index (χ1v) is 10.8. The minimum Gasteiger partial charge on any atom is -0.359 e. The lowest BCUT2D eigenvalue weighted by molar-refractivity contribution is -0.143. The Labute approximate surface area is 193 Å². The second-order valence-corrected chi connectivity index (χ2v) is 8.53. The van der Waals surface area contributed by atoms with Crippen molar-refractivity contribution in [3.8, 4) is 0 Å². The van der Waals surface area contributed by atoms with Crippen LogP contribution in [0.15, 0.2) is 48.5 Å². The molecule has 0 bridgehead atoms. The van der Waals surface area contributed by atoms with E-state index in [0.29, 0.717) is 37.9 Å². The summed E-state index contributed by atoms with van der Waals surface area (Å²) in [4.78, 5) is 11.9. The molecular weight excluding hydrogens is 462 g/mol. The van der Waals surface area contributed by atoms with Crippen molar-refractivity contribution in [1.29, 1.82) is 0 Å². The van der Waals surface area contributed by atoms with Gasteiger partial charge in [0.2, 0.25) is 5.91 Å². The number of aryl methyl sites for hydroxylation is 1. The molecule has 0 aromatic heterocycles. The van der Waals surface area contributed by atoms with E-state index in [4.69, 9.17) is 4.74 Å². The average molecular weight is 488 g/mol. The van der Waals surface area contributed by atoms with E-state index in [9.17, 15) is 31.1 Å². The molecular formula is C24H26F6N2O2. The number of amides is 1. The number of hydrogen-bond acceptors (Lipinski definition) is 3. The van der Waals surface area contributed by atoms with Gasteiger partial charge >= 0.3 is 12.4 Å². The first kappa shape index (κ1) is 26.0. The molecule has 186 valence electrons. The molecule has 0 radical (unpaired) electrons. The maximum Gasteiger partial charge on any atom is 0.416 e. The molecule has 2 atom stereocenters. The van der Waals surface area contributed by atoms with Gasteiger partial charge < -0.3 is 10.1 Å². The predicted octanol–water partition coefficient (Wildman–Crippen LogP) is 5.63. The van der Waals surface area contributed by atoms with E-state index in [2.05, 4.69) is 10.6 Å². The largest absolute Gasteiger partial charge is 0.416 e. The molecule has 1 saturated heterocycles. The maximum absolute atomic E-state index is 13.1. The topological polar surface area (TPSA) is 50.4 Å². The summed E-state index contributed by atoms with van der Waals surface area (Å²) in [6, 6.07) is 11.2. The summed E-state index contributed by atoms with van der Waals surface area (Å²) in [6.45, 7) is 1.64. The van der Waals surface area contributed by atoms with Crippen LogP contribution in [0.1, 0.15) is 54.5 Å². The van der Waals surface area contributed by atoms with Gasteiger partial charge in [-0.2, -0.15) is 26.3 Å². The van der Waals surface area contributed by atoms with Gasteiger partial charge in [0.25, 0.3) is 0 Å². The van der Waals surface area contributed by atoms with Gasteiger partial charge in [-0.1, -0.05) is 30.3 Å². The van der Waals surface area contributed by atoms with Gasteiger partial charge in [-0.05, 0) is 55.5 Å². The first-order chi connectivity index (χ1) is 15.9. The summed E-state index contributed by atoms with van der Waals surface area (Å²) in [5.41, 5.74) is -2.36. The van der Waals surface area contributed by atoms with Crippen molar-refractivity contribution >= 4 is 5.91 Å². The second-order valence-electron chi connectivity index (χ2n) is 8.53. The van der Waals surface area contributed by atoms with Gasteiger partial charge in [0, 0.05) is 13.0 Å². The fraction of sp³-hybridized carbons (Fsp3) is 0.458. The summed E-state index contributed by atoms with van der Waals surface area (Å²) >= 11 is 0. The number of alkyl halides is 6. The number of carbonyl (C=O) groups is 1. The van der Waals surface area contributed by atoms with Crippen LogP contribution in [0.2, 0.25) is 0 Å². The van der Waals surface area contributed by atoms with Crippen LogP contribution in [0.5, 0.6) is 0 Å². The Hall–Kier alpha value is -2.59. The number of benzene rings is 2. The molecule has 1 heterocycles. The highest BCUT2D eigenvalue weighted by molar-refractivity contribution is 5.79. The Kier molecular flexibility index (Phi) is 7.92. The Morgan fingerprint density at radius 1 is 1.03 bits per heavy atom. The van der Waals surface area contributed by atoms with Gasteiger partial charge in [-0.15, -0.1) is 0 Å². The lowest BCUT2D eigenvalue weighted by Gasteiger charge is -2.30. The minimum atomic E-state index is -4.92. The van der Waals surface area contributed by atoms with E-state index in [-0.39, 0.29) is 24.3 Å². The van der Waals surface area contributed by atoms with Crippen molar-refractivity contribution in [2.75, 3.05) is 13.3 Å². The molecule has 1 fully saturated rings. The molecule has 1 aliphatic heterocycles. The van der Waals surface area contributed by atoms with Crippen LogP contribution in [0.4, 0.5) is 26.3 Å². The molecule has 1 amide bonds. The second kappa shape index (κ2) is 10.4. The highest BCUT2D eigenvalue weighted by Crippen LogP contribution is 2.37.